The SMILES string of the molecule is Cc1cc(Br)cc([N+](=O)[O-])c1OCC=CC(=O)O. The first-order valence-corrected chi connectivity index (χ1v) is 5.68. The number of nitrogens with zero attached hydrogens (tertiary/aromatic N) is 1. The molecule has 0 amide bonds. The molecular weight excluding hydrogens is 306 g/mol. The normalized spacial score (nSPS) is 10.6. The summed E-state index contributed by atoms with van der Waals surface area (Å²) in [7, 11) is 0. The van der Waals surface area contributed by atoms with Gasteiger partial charge in [0.25, 0.3) is 0 Å². The van der Waals surface area contributed by atoms with Crippen LogP contribution in [-0.2, 0) is 4.79 Å². The number of carboxylic acids is 1. The minimum absolute atomic E-state index is 0.0460. The maximum atomic E-state index is 10.9. The fraction of sp³-hybridized carbons (Fsp3) is 0.182. The highest BCUT2D eigenvalue weighted by molar-refractivity contribution is 9.10. The van der Waals surface area contributed by atoms with Gasteiger partial charge < -0.3 is 9.84 Å². The molecule has 0 aliphatic heterocycles. The summed E-state index contributed by atoms with van der Waals surface area (Å²) in [6.07, 6.45) is 2.19. The third-order valence-corrected chi connectivity index (χ3v) is 2.46. The Morgan fingerprint density at radius 3 is 2.83 bits per heavy atom. The quantitative estimate of drug-likeness (QED) is 0.512. The summed E-state index contributed by atoms with van der Waals surface area (Å²) >= 11 is 3.16. The number of halogens is 1. The van der Waals surface area contributed by atoms with E-state index in [2.05, 4.69) is 15.9 Å². The molecule has 18 heavy (non-hydrogen) atoms. The van der Waals surface area contributed by atoms with Crippen LogP contribution in [-0.4, -0.2) is 22.6 Å². The molecule has 0 aliphatic rings. The average Bonchev–Trinajstić information content (AvgIpc) is 2.25. The van der Waals surface area contributed by atoms with E-state index in [-0.39, 0.29) is 18.0 Å². The first kappa shape index (κ1) is 14.2. The summed E-state index contributed by atoms with van der Waals surface area (Å²) in [5.74, 6) is -0.959. The number of carbonyl (C=O) groups is 1. The van der Waals surface area contributed by atoms with Crippen LogP contribution in [0.4, 0.5) is 5.69 Å². The van der Waals surface area contributed by atoms with Crippen molar-refractivity contribution < 1.29 is 19.6 Å². The van der Waals surface area contributed by atoms with Gasteiger partial charge in [-0.25, -0.2) is 4.79 Å². The minimum atomic E-state index is -1.10. The van der Waals surface area contributed by atoms with Crippen LogP contribution >= 0.6 is 15.9 Å². The number of hydrogen-bond acceptors (Lipinski definition) is 4. The molecule has 96 valence electrons. The van der Waals surface area contributed by atoms with Crippen molar-refractivity contribution in [2.24, 2.45) is 0 Å². The van der Waals surface area contributed by atoms with Crippen LogP contribution in [0.3, 0.4) is 0 Å². The maximum absolute atomic E-state index is 10.9. The smallest absolute Gasteiger partial charge is 0.328 e. The van der Waals surface area contributed by atoms with Gasteiger partial charge in [-0.2, -0.15) is 0 Å². The molecule has 0 heterocycles. The first-order valence-electron chi connectivity index (χ1n) is 4.88. The fourth-order valence-corrected chi connectivity index (χ4v) is 1.88. The van der Waals surface area contributed by atoms with E-state index in [4.69, 9.17) is 9.84 Å². The molecule has 7 heteroatoms. The van der Waals surface area contributed by atoms with Gasteiger partial charge in [0.15, 0.2) is 5.75 Å². The van der Waals surface area contributed by atoms with E-state index < -0.39 is 10.9 Å². The Hall–Kier alpha value is -1.89. The molecule has 6 nitrogen and oxygen atoms in total. The Bertz CT molecular complexity index is 512. The summed E-state index contributed by atoms with van der Waals surface area (Å²) in [5, 5.41) is 19.2. The monoisotopic (exact) mass is 315 g/mol. The van der Waals surface area contributed by atoms with Crippen molar-refractivity contribution in [3.05, 3.63) is 44.4 Å². The summed E-state index contributed by atoms with van der Waals surface area (Å²) in [5.41, 5.74) is 0.436. The second kappa shape index (κ2) is 6.15. The van der Waals surface area contributed by atoms with E-state index >= 15 is 0 Å². The Morgan fingerprint density at radius 2 is 2.28 bits per heavy atom. The molecule has 1 aromatic carbocycles. The Balaban J connectivity index is 2.93. The third-order valence-electron chi connectivity index (χ3n) is 2.00. The number of aliphatic carboxylic acids is 1. The van der Waals surface area contributed by atoms with Gasteiger partial charge in [0, 0.05) is 16.6 Å². The molecule has 0 fully saturated rings. The molecule has 0 aliphatic carbocycles. The fourth-order valence-electron chi connectivity index (χ4n) is 1.32. The van der Waals surface area contributed by atoms with Gasteiger partial charge in [-0.05, 0) is 24.6 Å². The molecule has 0 spiro atoms. The lowest BCUT2D eigenvalue weighted by Gasteiger charge is -2.08. The highest BCUT2D eigenvalue weighted by Gasteiger charge is 2.18. The van der Waals surface area contributed by atoms with Gasteiger partial charge in [0.2, 0.25) is 0 Å². The zero-order valence-corrected chi connectivity index (χ0v) is 11.0. The number of rotatable bonds is 5. The van der Waals surface area contributed by atoms with Crippen LogP contribution in [0.25, 0.3) is 0 Å². The van der Waals surface area contributed by atoms with Crippen LogP contribution in [0, 0.1) is 17.0 Å². The lowest BCUT2D eigenvalue weighted by Crippen LogP contribution is -2.01. The molecule has 0 aromatic heterocycles. The van der Waals surface area contributed by atoms with E-state index in [1.54, 1.807) is 13.0 Å². The van der Waals surface area contributed by atoms with Crippen molar-refractivity contribution in [2.75, 3.05) is 6.61 Å². The molecule has 0 saturated carbocycles. The molecule has 1 aromatic rings. The zero-order valence-electron chi connectivity index (χ0n) is 9.42. The standard InChI is InChI=1S/C11H10BrNO5/c1-7-5-8(12)6-9(13(16)17)11(7)18-4-2-3-10(14)15/h2-3,5-6H,4H2,1H3,(H,14,15). The van der Waals surface area contributed by atoms with Crippen LogP contribution in [0.1, 0.15) is 5.56 Å². The summed E-state index contributed by atoms with van der Waals surface area (Å²) in [4.78, 5) is 20.6. The predicted molar refractivity (Wildman–Crippen MR) is 67.8 cm³/mol. The number of nitro benzene ring substituents is 1. The zero-order chi connectivity index (χ0) is 13.7. The van der Waals surface area contributed by atoms with Gasteiger partial charge >= 0.3 is 11.7 Å². The number of nitro groups is 1. The highest BCUT2D eigenvalue weighted by Crippen LogP contribution is 2.33. The second-order valence-electron chi connectivity index (χ2n) is 3.38. The van der Waals surface area contributed by atoms with Crippen molar-refractivity contribution in [2.45, 2.75) is 6.92 Å². The first-order chi connectivity index (χ1) is 8.41. The van der Waals surface area contributed by atoms with E-state index in [0.717, 1.165) is 6.08 Å². The number of aryl methyl sites for hydroxylation is 1. The van der Waals surface area contributed by atoms with E-state index in [1.807, 2.05) is 0 Å². The number of carboxylic acid groups (broad SMARTS) is 1. The molecule has 0 bridgehead atoms. The third kappa shape index (κ3) is 3.85. The maximum Gasteiger partial charge on any atom is 0.328 e. The van der Waals surface area contributed by atoms with Crippen LogP contribution in [0.15, 0.2) is 28.8 Å². The van der Waals surface area contributed by atoms with Gasteiger partial charge in [0.05, 0.1) is 4.92 Å². The summed E-state index contributed by atoms with van der Waals surface area (Å²) in [6.45, 7) is 1.63. The molecule has 0 saturated heterocycles. The van der Waals surface area contributed by atoms with Crippen molar-refractivity contribution in [3.8, 4) is 5.75 Å². The average molecular weight is 316 g/mol. The van der Waals surface area contributed by atoms with E-state index in [1.165, 1.54) is 12.1 Å². The Morgan fingerprint density at radius 1 is 1.61 bits per heavy atom. The molecule has 1 N–H and O–H groups in total. The molecule has 0 atom stereocenters. The van der Waals surface area contributed by atoms with Crippen molar-refractivity contribution >= 4 is 27.6 Å². The minimum Gasteiger partial charge on any atom is -0.482 e. The summed E-state index contributed by atoms with van der Waals surface area (Å²) < 4.78 is 5.81. The van der Waals surface area contributed by atoms with Gasteiger partial charge in [0.1, 0.15) is 6.61 Å². The number of ether oxygens (including phenoxy) is 1. The van der Waals surface area contributed by atoms with Crippen LogP contribution in [0.2, 0.25) is 0 Å². The van der Waals surface area contributed by atoms with Gasteiger partial charge in [-0.15, -0.1) is 0 Å². The summed E-state index contributed by atoms with van der Waals surface area (Å²) in [6, 6.07) is 3.02. The van der Waals surface area contributed by atoms with Crippen molar-refractivity contribution in [1.29, 1.82) is 0 Å². The lowest BCUT2D eigenvalue weighted by atomic mass is 10.2. The Labute approximate surface area is 111 Å². The van der Waals surface area contributed by atoms with Crippen LogP contribution in [0.5, 0.6) is 5.75 Å². The highest BCUT2D eigenvalue weighted by atomic mass is 79.9. The second-order valence-corrected chi connectivity index (χ2v) is 4.30. The molecule has 1 rings (SSSR count). The van der Waals surface area contributed by atoms with Gasteiger partial charge in [-0.1, -0.05) is 15.9 Å². The van der Waals surface area contributed by atoms with Crippen molar-refractivity contribution in [3.63, 3.8) is 0 Å². The van der Waals surface area contributed by atoms with Crippen molar-refractivity contribution in [1.82, 2.24) is 0 Å². The Kier molecular flexibility index (Phi) is 4.85. The molecular formula is C11H10BrNO5. The number of benzene rings is 1. The largest absolute Gasteiger partial charge is 0.482 e. The molecule has 0 radical (unpaired) electrons. The topological polar surface area (TPSA) is 89.7 Å². The van der Waals surface area contributed by atoms with Gasteiger partial charge in [-0.3, -0.25) is 10.1 Å². The number of hydrogen-bond donors (Lipinski definition) is 1. The molecule has 0 unspecified atom stereocenters. The van der Waals surface area contributed by atoms with E-state index in [9.17, 15) is 14.9 Å². The van der Waals surface area contributed by atoms with Crippen LogP contribution < -0.4 is 4.74 Å². The lowest BCUT2D eigenvalue weighted by molar-refractivity contribution is -0.385. The van der Waals surface area contributed by atoms with E-state index in [0.29, 0.717) is 10.0 Å². The predicted octanol–water partition coefficient (Wildman–Crippen LogP) is 2.69.